The maximum atomic E-state index is 5.74. The molecule has 0 aliphatic rings. The molecule has 0 aromatic rings. The zero-order valence-corrected chi connectivity index (χ0v) is 11.8. The van der Waals surface area contributed by atoms with Crippen LogP contribution in [-0.4, -0.2) is 12.7 Å². The molecule has 1 heteroatoms. The van der Waals surface area contributed by atoms with Crippen LogP contribution in [-0.2, 0) is 4.74 Å². The fourth-order valence-electron chi connectivity index (χ4n) is 2.08. The van der Waals surface area contributed by atoms with Crippen LogP contribution in [0.1, 0.15) is 60.8 Å². The third-order valence-electron chi connectivity index (χ3n) is 3.88. The van der Waals surface area contributed by atoms with E-state index in [0.29, 0.717) is 11.8 Å². The average Bonchev–Trinajstić information content (AvgIpc) is 2.15. The Hall–Kier alpha value is -0.0400. The highest BCUT2D eigenvalue weighted by atomic mass is 16.5. The molecule has 0 bridgehead atoms. The van der Waals surface area contributed by atoms with Gasteiger partial charge in [-0.15, -0.1) is 0 Å². The van der Waals surface area contributed by atoms with Crippen LogP contribution in [0.2, 0.25) is 0 Å². The van der Waals surface area contributed by atoms with Gasteiger partial charge in [-0.05, 0) is 31.1 Å². The second kappa shape index (κ2) is 6.52. The Labute approximate surface area is 96.6 Å². The van der Waals surface area contributed by atoms with Gasteiger partial charge in [0.1, 0.15) is 0 Å². The van der Waals surface area contributed by atoms with Crippen LogP contribution in [0.4, 0.5) is 0 Å². The molecular weight excluding hydrogens is 184 g/mol. The highest BCUT2D eigenvalue weighted by molar-refractivity contribution is 4.83. The van der Waals surface area contributed by atoms with E-state index in [9.17, 15) is 0 Å². The van der Waals surface area contributed by atoms with E-state index in [1.807, 2.05) is 7.11 Å². The molecule has 0 spiro atoms. The molecule has 0 radical (unpaired) electrons. The third-order valence-corrected chi connectivity index (χ3v) is 3.88. The molecule has 92 valence electrons. The molecule has 0 saturated heterocycles. The predicted octanol–water partition coefficient (Wildman–Crippen LogP) is 4.51. The lowest BCUT2D eigenvalue weighted by Gasteiger charge is -2.37. The van der Waals surface area contributed by atoms with Crippen molar-refractivity contribution < 1.29 is 4.74 Å². The molecule has 15 heavy (non-hydrogen) atoms. The van der Waals surface area contributed by atoms with E-state index in [1.165, 1.54) is 19.3 Å². The third kappa shape index (κ3) is 5.01. The fourth-order valence-corrected chi connectivity index (χ4v) is 2.08. The SMILES string of the molecule is COC(C)(CCCC(C)C)C(C)C(C)C. The topological polar surface area (TPSA) is 9.23 Å². The monoisotopic (exact) mass is 214 g/mol. The first kappa shape index (κ1) is 15.0. The first-order chi connectivity index (χ1) is 6.83. The second-order valence-electron chi connectivity index (χ2n) is 5.84. The number of rotatable bonds is 7. The van der Waals surface area contributed by atoms with Crippen LogP contribution in [0.3, 0.4) is 0 Å². The summed E-state index contributed by atoms with van der Waals surface area (Å²) in [6, 6.07) is 0. The van der Waals surface area contributed by atoms with Gasteiger partial charge in [0.2, 0.25) is 0 Å². The standard InChI is InChI=1S/C14H30O/c1-11(2)9-8-10-14(6,15-7)13(5)12(3)4/h11-13H,8-10H2,1-7H3. The maximum absolute atomic E-state index is 5.74. The first-order valence-corrected chi connectivity index (χ1v) is 6.38. The van der Waals surface area contributed by atoms with E-state index in [2.05, 4.69) is 41.5 Å². The summed E-state index contributed by atoms with van der Waals surface area (Å²) in [4.78, 5) is 0. The van der Waals surface area contributed by atoms with Gasteiger partial charge < -0.3 is 4.74 Å². The summed E-state index contributed by atoms with van der Waals surface area (Å²) >= 11 is 0. The van der Waals surface area contributed by atoms with E-state index < -0.39 is 0 Å². The smallest absolute Gasteiger partial charge is 0.0678 e. The summed E-state index contributed by atoms with van der Waals surface area (Å²) < 4.78 is 5.74. The maximum Gasteiger partial charge on any atom is 0.0678 e. The number of hydrogen-bond acceptors (Lipinski definition) is 1. The number of ether oxygens (including phenoxy) is 1. The first-order valence-electron chi connectivity index (χ1n) is 6.38. The Morgan fingerprint density at radius 1 is 1.07 bits per heavy atom. The molecule has 1 nitrogen and oxygen atoms in total. The quantitative estimate of drug-likeness (QED) is 0.606. The molecule has 2 atom stereocenters. The number of methoxy groups -OCH3 is 1. The van der Waals surface area contributed by atoms with Gasteiger partial charge in [-0.25, -0.2) is 0 Å². The fraction of sp³-hybridized carbons (Fsp3) is 1.00. The average molecular weight is 214 g/mol. The summed E-state index contributed by atoms with van der Waals surface area (Å²) in [6.07, 6.45) is 3.77. The van der Waals surface area contributed by atoms with Crippen molar-refractivity contribution in [1.82, 2.24) is 0 Å². The van der Waals surface area contributed by atoms with E-state index in [1.54, 1.807) is 0 Å². The summed E-state index contributed by atoms with van der Waals surface area (Å²) in [5.41, 5.74) is 0.0586. The van der Waals surface area contributed by atoms with Crippen LogP contribution in [0.5, 0.6) is 0 Å². The minimum Gasteiger partial charge on any atom is -0.378 e. The van der Waals surface area contributed by atoms with Crippen LogP contribution in [0, 0.1) is 17.8 Å². The van der Waals surface area contributed by atoms with Crippen molar-refractivity contribution >= 4 is 0 Å². The Morgan fingerprint density at radius 3 is 1.93 bits per heavy atom. The molecule has 0 fully saturated rings. The molecule has 2 unspecified atom stereocenters. The Balaban J connectivity index is 4.18. The van der Waals surface area contributed by atoms with E-state index in [-0.39, 0.29) is 5.60 Å². The van der Waals surface area contributed by atoms with Crippen molar-refractivity contribution in [1.29, 1.82) is 0 Å². The van der Waals surface area contributed by atoms with Crippen LogP contribution in [0.25, 0.3) is 0 Å². The molecule has 0 aromatic carbocycles. The Morgan fingerprint density at radius 2 is 1.60 bits per heavy atom. The zero-order valence-electron chi connectivity index (χ0n) is 11.8. The lowest BCUT2D eigenvalue weighted by atomic mass is 9.78. The van der Waals surface area contributed by atoms with Crippen molar-refractivity contribution in [3.05, 3.63) is 0 Å². The zero-order chi connectivity index (χ0) is 12.1. The normalized spacial score (nSPS) is 18.2. The van der Waals surface area contributed by atoms with Gasteiger partial charge in [0.25, 0.3) is 0 Å². The number of hydrogen-bond donors (Lipinski definition) is 0. The lowest BCUT2D eigenvalue weighted by Crippen LogP contribution is -2.38. The molecular formula is C14H30O. The summed E-state index contributed by atoms with van der Waals surface area (Å²) in [7, 11) is 1.86. The van der Waals surface area contributed by atoms with Crippen LogP contribution >= 0.6 is 0 Å². The van der Waals surface area contributed by atoms with E-state index >= 15 is 0 Å². The largest absolute Gasteiger partial charge is 0.378 e. The van der Waals surface area contributed by atoms with Crippen LogP contribution in [0.15, 0.2) is 0 Å². The molecule has 0 heterocycles. The molecule has 0 aliphatic heterocycles. The summed E-state index contributed by atoms with van der Waals surface area (Å²) in [6.45, 7) is 13.7. The van der Waals surface area contributed by atoms with Crippen molar-refractivity contribution in [2.45, 2.75) is 66.4 Å². The molecule has 0 N–H and O–H groups in total. The van der Waals surface area contributed by atoms with Crippen LogP contribution < -0.4 is 0 Å². The van der Waals surface area contributed by atoms with Crippen molar-refractivity contribution in [2.75, 3.05) is 7.11 Å². The molecule has 0 aliphatic carbocycles. The van der Waals surface area contributed by atoms with E-state index in [0.717, 1.165) is 5.92 Å². The Kier molecular flexibility index (Phi) is 6.51. The minimum absolute atomic E-state index is 0.0586. The van der Waals surface area contributed by atoms with Gasteiger partial charge >= 0.3 is 0 Å². The highest BCUT2D eigenvalue weighted by Gasteiger charge is 2.32. The molecule has 0 aromatic heterocycles. The van der Waals surface area contributed by atoms with Crippen molar-refractivity contribution in [3.63, 3.8) is 0 Å². The van der Waals surface area contributed by atoms with Gasteiger partial charge in [0.15, 0.2) is 0 Å². The van der Waals surface area contributed by atoms with Gasteiger partial charge in [-0.2, -0.15) is 0 Å². The highest BCUT2D eigenvalue weighted by Crippen LogP contribution is 2.32. The van der Waals surface area contributed by atoms with Gasteiger partial charge in [-0.1, -0.05) is 47.5 Å². The summed E-state index contributed by atoms with van der Waals surface area (Å²) in [5.74, 6) is 2.11. The summed E-state index contributed by atoms with van der Waals surface area (Å²) in [5, 5.41) is 0. The minimum atomic E-state index is 0.0586. The van der Waals surface area contributed by atoms with Crippen molar-refractivity contribution in [3.8, 4) is 0 Å². The second-order valence-corrected chi connectivity index (χ2v) is 5.84. The lowest BCUT2D eigenvalue weighted by molar-refractivity contribution is -0.0602. The molecule has 0 amide bonds. The molecule has 0 saturated carbocycles. The van der Waals surface area contributed by atoms with Crippen molar-refractivity contribution in [2.24, 2.45) is 17.8 Å². The molecule has 0 rings (SSSR count). The predicted molar refractivity (Wildman–Crippen MR) is 68.1 cm³/mol. The van der Waals surface area contributed by atoms with E-state index in [4.69, 9.17) is 4.74 Å². The van der Waals surface area contributed by atoms with Gasteiger partial charge in [0.05, 0.1) is 5.60 Å². The van der Waals surface area contributed by atoms with Gasteiger partial charge in [-0.3, -0.25) is 0 Å². The van der Waals surface area contributed by atoms with Gasteiger partial charge in [0, 0.05) is 7.11 Å². The Bertz CT molecular complexity index is 163.